The molecule has 2 aliphatic carbocycles. The molecule has 1 N–H and O–H groups in total. The molecule has 2 aliphatic rings. The maximum atomic E-state index is 12.6. The second kappa shape index (κ2) is 7.83. The predicted molar refractivity (Wildman–Crippen MR) is 96.5 cm³/mol. The van der Waals surface area contributed by atoms with Crippen LogP contribution in [0.15, 0.2) is 48.6 Å². The van der Waals surface area contributed by atoms with Gasteiger partial charge in [0.25, 0.3) is 0 Å². The number of halogens is 1. The van der Waals surface area contributed by atoms with Crippen LogP contribution >= 0.6 is 11.6 Å². The quantitative estimate of drug-likeness (QED) is 0.702. The van der Waals surface area contributed by atoms with Crippen molar-refractivity contribution in [2.75, 3.05) is 5.32 Å². The number of carbonyl (C=O) groups is 1. The molecule has 0 spiro atoms. The van der Waals surface area contributed by atoms with Crippen LogP contribution in [0.1, 0.15) is 38.5 Å². The SMILES string of the molecule is O=C(Nc1cccc(Cl)c1)C1[C@H]2CC/C=C\CC/C=C\CC[C@@H]12. The molecule has 0 heterocycles. The largest absolute Gasteiger partial charge is 0.326 e. The average Bonchev–Trinajstić information content (AvgIpc) is 3.20. The lowest BCUT2D eigenvalue weighted by molar-refractivity contribution is -0.117. The molecule has 0 aromatic heterocycles. The number of carbonyl (C=O) groups excluding carboxylic acids is 1. The van der Waals surface area contributed by atoms with Crippen LogP contribution in [0.25, 0.3) is 0 Å². The van der Waals surface area contributed by atoms with Gasteiger partial charge in [-0.3, -0.25) is 4.79 Å². The van der Waals surface area contributed by atoms with Gasteiger partial charge in [-0.05, 0) is 68.6 Å². The molecule has 1 unspecified atom stereocenters. The topological polar surface area (TPSA) is 29.1 Å². The molecular formula is C20H24ClNO. The lowest BCUT2D eigenvalue weighted by atomic mass is 10.1. The van der Waals surface area contributed by atoms with Gasteiger partial charge in [0.1, 0.15) is 0 Å². The molecule has 1 aromatic carbocycles. The minimum absolute atomic E-state index is 0.157. The molecule has 0 bridgehead atoms. The molecule has 1 amide bonds. The van der Waals surface area contributed by atoms with Gasteiger partial charge in [0.2, 0.25) is 5.91 Å². The molecule has 23 heavy (non-hydrogen) atoms. The van der Waals surface area contributed by atoms with Crippen LogP contribution in [0.5, 0.6) is 0 Å². The van der Waals surface area contributed by atoms with Crippen LogP contribution in [-0.4, -0.2) is 5.91 Å². The summed E-state index contributed by atoms with van der Waals surface area (Å²) in [4.78, 5) is 12.6. The van der Waals surface area contributed by atoms with Gasteiger partial charge in [-0.25, -0.2) is 0 Å². The van der Waals surface area contributed by atoms with E-state index in [1.165, 1.54) is 0 Å². The minimum atomic E-state index is 0.157. The van der Waals surface area contributed by atoms with Crippen LogP contribution < -0.4 is 5.32 Å². The molecular weight excluding hydrogens is 306 g/mol. The van der Waals surface area contributed by atoms with E-state index in [1.807, 2.05) is 18.2 Å². The molecule has 3 rings (SSSR count). The maximum Gasteiger partial charge on any atom is 0.228 e. The van der Waals surface area contributed by atoms with Crippen molar-refractivity contribution in [2.45, 2.75) is 38.5 Å². The standard InChI is InChI=1S/C20H24ClNO/c21-15-10-9-11-16(14-15)22-20(23)19-17-12-7-5-3-1-2-4-6-8-13-18(17)19/h3-6,9-11,14,17-19H,1-2,7-8,12-13H2,(H,22,23)/b5-3-,6-4-/t17-,18+,19?. The molecule has 2 nitrogen and oxygen atoms in total. The van der Waals surface area contributed by atoms with E-state index in [4.69, 9.17) is 11.6 Å². The van der Waals surface area contributed by atoms with Gasteiger partial charge >= 0.3 is 0 Å². The van der Waals surface area contributed by atoms with E-state index < -0.39 is 0 Å². The number of hydrogen-bond donors (Lipinski definition) is 1. The summed E-state index contributed by atoms with van der Waals surface area (Å²) >= 11 is 5.99. The van der Waals surface area contributed by atoms with Crippen molar-refractivity contribution in [3.63, 3.8) is 0 Å². The smallest absolute Gasteiger partial charge is 0.228 e. The first-order valence-electron chi connectivity index (χ1n) is 8.62. The Labute approximate surface area is 143 Å². The summed E-state index contributed by atoms with van der Waals surface area (Å²) in [5.41, 5.74) is 0.796. The third-order valence-corrected chi connectivity index (χ3v) is 5.13. The summed E-state index contributed by atoms with van der Waals surface area (Å²) in [6, 6.07) is 7.38. The van der Waals surface area contributed by atoms with E-state index >= 15 is 0 Å². The molecule has 122 valence electrons. The number of hydrogen-bond acceptors (Lipinski definition) is 1. The lowest BCUT2D eigenvalue weighted by Crippen LogP contribution is -2.15. The van der Waals surface area contributed by atoms with E-state index in [0.717, 1.165) is 44.2 Å². The minimum Gasteiger partial charge on any atom is -0.326 e. The number of rotatable bonds is 2. The van der Waals surface area contributed by atoms with Gasteiger partial charge < -0.3 is 5.32 Å². The van der Waals surface area contributed by atoms with E-state index in [0.29, 0.717) is 16.9 Å². The van der Waals surface area contributed by atoms with Crippen LogP contribution in [0.2, 0.25) is 5.02 Å². The predicted octanol–water partition coefficient (Wildman–Crippen LogP) is 5.61. The zero-order valence-corrected chi connectivity index (χ0v) is 14.1. The highest BCUT2D eigenvalue weighted by Gasteiger charge is 2.52. The number of allylic oxidation sites excluding steroid dienone is 4. The second-order valence-corrected chi connectivity index (χ2v) is 6.96. The highest BCUT2D eigenvalue weighted by Crippen LogP contribution is 2.52. The van der Waals surface area contributed by atoms with Crippen molar-refractivity contribution in [3.05, 3.63) is 53.6 Å². The average molecular weight is 330 g/mol. The molecule has 1 aromatic rings. The Morgan fingerprint density at radius 3 is 2.17 bits per heavy atom. The number of amides is 1. The summed E-state index contributed by atoms with van der Waals surface area (Å²) in [6.07, 6.45) is 15.8. The Morgan fingerprint density at radius 2 is 1.57 bits per heavy atom. The van der Waals surface area contributed by atoms with Gasteiger partial charge in [0.15, 0.2) is 0 Å². The van der Waals surface area contributed by atoms with Gasteiger partial charge in [-0.15, -0.1) is 0 Å². The first-order valence-corrected chi connectivity index (χ1v) is 9.00. The Balaban J connectivity index is 1.61. The molecule has 3 atom stereocenters. The Hall–Kier alpha value is -1.54. The van der Waals surface area contributed by atoms with Gasteiger partial charge in [0, 0.05) is 16.6 Å². The lowest BCUT2D eigenvalue weighted by Gasteiger charge is -2.05. The van der Waals surface area contributed by atoms with Crippen molar-refractivity contribution >= 4 is 23.2 Å². The molecule has 1 fully saturated rings. The Morgan fingerprint density at radius 1 is 0.957 bits per heavy atom. The van der Waals surface area contributed by atoms with Gasteiger partial charge in [-0.1, -0.05) is 42.0 Å². The zero-order valence-electron chi connectivity index (χ0n) is 13.4. The van der Waals surface area contributed by atoms with Crippen LogP contribution in [0.4, 0.5) is 5.69 Å². The van der Waals surface area contributed by atoms with E-state index in [1.54, 1.807) is 6.07 Å². The monoisotopic (exact) mass is 329 g/mol. The fourth-order valence-electron chi connectivity index (χ4n) is 3.65. The second-order valence-electron chi connectivity index (χ2n) is 6.53. The van der Waals surface area contributed by atoms with Crippen molar-refractivity contribution in [3.8, 4) is 0 Å². The van der Waals surface area contributed by atoms with E-state index in [2.05, 4.69) is 29.6 Å². The normalized spacial score (nSPS) is 30.2. The third-order valence-electron chi connectivity index (χ3n) is 4.89. The molecule has 0 saturated heterocycles. The number of nitrogens with one attached hydrogen (secondary N) is 1. The van der Waals surface area contributed by atoms with E-state index in [9.17, 15) is 4.79 Å². The van der Waals surface area contributed by atoms with E-state index in [-0.39, 0.29) is 11.8 Å². The fourth-order valence-corrected chi connectivity index (χ4v) is 3.84. The summed E-state index contributed by atoms with van der Waals surface area (Å²) in [5.74, 6) is 1.39. The van der Waals surface area contributed by atoms with Crippen LogP contribution in [0.3, 0.4) is 0 Å². The first-order chi connectivity index (χ1) is 11.3. The highest BCUT2D eigenvalue weighted by atomic mass is 35.5. The third kappa shape index (κ3) is 4.48. The van der Waals surface area contributed by atoms with Crippen molar-refractivity contribution in [2.24, 2.45) is 17.8 Å². The number of fused-ring (bicyclic) bond motifs is 1. The summed E-state index contributed by atoms with van der Waals surface area (Å²) in [6.45, 7) is 0. The zero-order chi connectivity index (χ0) is 16.1. The molecule has 0 radical (unpaired) electrons. The Bertz CT molecular complexity index is 583. The van der Waals surface area contributed by atoms with Crippen LogP contribution in [-0.2, 0) is 4.79 Å². The molecule has 0 aliphatic heterocycles. The Kier molecular flexibility index (Phi) is 5.56. The summed E-state index contributed by atoms with van der Waals surface area (Å²) in [7, 11) is 0. The fraction of sp³-hybridized carbons (Fsp3) is 0.450. The molecule has 1 saturated carbocycles. The van der Waals surface area contributed by atoms with Crippen molar-refractivity contribution < 1.29 is 4.79 Å². The maximum absolute atomic E-state index is 12.6. The summed E-state index contributed by atoms with van der Waals surface area (Å²) in [5, 5.41) is 3.69. The number of benzene rings is 1. The van der Waals surface area contributed by atoms with Gasteiger partial charge in [0.05, 0.1) is 0 Å². The highest BCUT2D eigenvalue weighted by molar-refractivity contribution is 6.30. The first kappa shape index (κ1) is 16.3. The van der Waals surface area contributed by atoms with Crippen molar-refractivity contribution in [1.29, 1.82) is 0 Å². The van der Waals surface area contributed by atoms with Crippen LogP contribution in [0, 0.1) is 17.8 Å². The molecule has 3 heteroatoms. The summed E-state index contributed by atoms with van der Waals surface area (Å²) < 4.78 is 0. The van der Waals surface area contributed by atoms with Gasteiger partial charge in [-0.2, -0.15) is 0 Å². The number of anilines is 1. The van der Waals surface area contributed by atoms with Crippen molar-refractivity contribution in [1.82, 2.24) is 0 Å².